The highest BCUT2D eigenvalue weighted by Gasteiger charge is 2.15. The number of ether oxygens (including phenoxy) is 1. The van der Waals surface area contributed by atoms with E-state index in [0.717, 1.165) is 17.2 Å². The van der Waals surface area contributed by atoms with E-state index in [2.05, 4.69) is 10.5 Å². The Morgan fingerprint density at radius 2 is 1.83 bits per heavy atom. The summed E-state index contributed by atoms with van der Waals surface area (Å²) in [5, 5.41) is 14.7. The van der Waals surface area contributed by atoms with Crippen LogP contribution in [0.4, 0.5) is 5.69 Å². The van der Waals surface area contributed by atoms with E-state index >= 15 is 0 Å². The summed E-state index contributed by atoms with van der Waals surface area (Å²) in [5.41, 5.74) is 3.90. The predicted octanol–water partition coefficient (Wildman–Crippen LogP) is 4.59. The van der Waals surface area contributed by atoms with Crippen LogP contribution in [-0.2, 0) is 6.61 Å². The van der Waals surface area contributed by atoms with Crippen molar-refractivity contribution >= 4 is 29.4 Å². The van der Waals surface area contributed by atoms with Gasteiger partial charge in [0.15, 0.2) is 0 Å². The van der Waals surface area contributed by atoms with Crippen molar-refractivity contribution in [2.24, 2.45) is 5.10 Å². The number of nitrogens with zero attached hydrogens (tertiary/aromatic N) is 2. The first-order chi connectivity index (χ1) is 14.0. The van der Waals surface area contributed by atoms with Gasteiger partial charge >= 0.3 is 0 Å². The molecule has 8 heteroatoms. The number of carbonyl (C=O) groups is 1. The molecule has 0 aliphatic rings. The van der Waals surface area contributed by atoms with Crippen LogP contribution in [0.5, 0.6) is 5.75 Å². The Morgan fingerprint density at radius 1 is 1.10 bits per heavy atom. The lowest BCUT2D eigenvalue weighted by molar-refractivity contribution is -0.384. The van der Waals surface area contributed by atoms with Crippen molar-refractivity contribution in [1.29, 1.82) is 0 Å². The Hall–Kier alpha value is -3.71. The second-order valence-electron chi connectivity index (χ2n) is 5.97. The first kappa shape index (κ1) is 20.0. The number of benzene rings is 3. The molecule has 1 amide bonds. The van der Waals surface area contributed by atoms with Crippen molar-refractivity contribution < 1.29 is 14.5 Å². The van der Waals surface area contributed by atoms with Gasteiger partial charge in [0.1, 0.15) is 17.4 Å². The number of hydrogen-bond donors (Lipinski definition) is 1. The molecule has 0 atom stereocenters. The smallest absolute Gasteiger partial charge is 0.288 e. The van der Waals surface area contributed by atoms with Gasteiger partial charge in [-0.2, -0.15) is 5.10 Å². The molecule has 0 heterocycles. The molecule has 0 unspecified atom stereocenters. The van der Waals surface area contributed by atoms with Gasteiger partial charge in [0, 0.05) is 11.6 Å². The summed E-state index contributed by atoms with van der Waals surface area (Å²) in [4.78, 5) is 22.3. The fourth-order valence-corrected chi connectivity index (χ4v) is 2.60. The lowest BCUT2D eigenvalue weighted by Crippen LogP contribution is -2.17. The number of nitrogens with one attached hydrogen (secondary N) is 1. The molecule has 3 rings (SSSR count). The molecule has 3 aromatic rings. The van der Waals surface area contributed by atoms with Gasteiger partial charge in [-0.3, -0.25) is 14.9 Å². The average molecular weight is 410 g/mol. The van der Waals surface area contributed by atoms with Crippen molar-refractivity contribution in [1.82, 2.24) is 5.43 Å². The van der Waals surface area contributed by atoms with Gasteiger partial charge in [-0.05, 0) is 47.5 Å². The largest absolute Gasteiger partial charge is 0.489 e. The second kappa shape index (κ2) is 9.48. The van der Waals surface area contributed by atoms with E-state index in [1.54, 1.807) is 24.3 Å². The molecule has 0 aliphatic heterocycles. The van der Waals surface area contributed by atoms with Crippen LogP contribution in [0, 0.1) is 10.1 Å². The highest BCUT2D eigenvalue weighted by Crippen LogP contribution is 2.25. The minimum absolute atomic E-state index is 0.0374. The third kappa shape index (κ3) is 5.63. The quantitative estimate of drug-likeness (QED) is 0.351. The molecule has 0 aromatic heterocycles. The van der Waals surface area contributed by atoms with E-state index in [1.807, 2.05) is 30.3 Å². The normalized spacial score (nSPS) is 10.7. The first-order valence-corrected chi connectivity index (χ1v) is 8.95. The molecular formula is C21H16ClN3O4. The fourth-order valence-electron chi connectivity index (χ4n) is 2.41. The molecule has 0 aliphatic carbocycles. The van der Waals surface area contributed by atoms with Gasteiger partial charge in [0.25, 0.3) is 11.6 Å². The number of nitro groups is 1. The minimum atomic E-state index is -0.649. The third-order valence-electron chi connectivity index (χ3n) is 3.91. The molecule has 0 spiro atoms. The van der Waals surface area contributed by atoms with E-state index in [0.29, 0.717) is 12.4 Å². The summed E-state index contributed by atoms with van der Waals surface area (Å²) in [6.45, 7) is 0.470. The number of carbonyl (C=O) groups excluding carboxylic acids is 1. The monoisotopic (exact) mass is 409 g/mol. The zero-order valence-corrected chi connectivity index (χ0v) is 15.9. The maximum atomic E-state index is 12.1. The summed E-state index contributed by atoms with van der Waals surface area (Å²) in [6.07, 6.45) is 1.46. The fraction of sp³-hybridized carbons (Fsp3) is 0.0476. The average Bonchev–Trinajstić information content (AvgIpc) is 2.74. The summed E-state index contributed by atoms with van der Waals surface area (Å²) in [7, 11) is 0. The van der Waals surface area contributed by atoms with Crippen molar-refractivity contribution in [3.63, 3.8) is 0 Å². The maximum absolute atomic E-state index is 12.1. The van der Waals surface area contributed by atoms with E-state index in [4.69, 9.17) is 16.3 Å². The van der Waals surface area contributed by atoms with E-state index in [-0.39, 0.29) is 16.3 Å². The Bertz CT molecular complexity index is 1040. The van der Waals surface area contributed by atoms with Gasteiger partial charge < -0.3 is 4.74 Å². The van der Waals surface area contributed by atoms with E-state index in [9.17, 15) is 14.9 Å². The number of hydrazone groups is 1. The second-order valence-corrected chi connectivity index (χ2v) is 6.37. The number of hydrogen-bond acceptors (Lipinski definition) is 5. The first-order valence-electron chi connectivity index (χ1n) is 8.57. The Labute approximate surface area is 171 Å². The van der Waals surface area contributed by atoms with Crippen LogP contribution in [-0.4, -0.2) is 17.0 Å². The van der Waals surface area contributed by atoms with Crippen LogP contribution in [0.25, 0.3) is 0 Å². The summed E-state index contributed by atoms with van der Waals surface area (Å²) in [5.74, 6) is 0.132. The van der Waals surface area contributed by atoms with Crippen molar-refractivity contribution in [2.75, 3.05) is 0 Å². The van der Waals surface area contributed by atoms with Crippen LogP contribution >= 0.6 is 11.6 Å². The Morgan fingerprint density at radius 3 is 2.52 bits per heavy atom. The lowest BCUT2D eigenvalue weighted by atomic mass is 10.2. The molecule has 0 saturated heterocycles. The molecule has 0 radical (unpaired) electrons. The molecule has 1 N–H and O–H groups in total. The predicted molar refractivity (Wildman–Crippen MR) is 110 cm³/mol. The Balaban J connectivity index is 1.55. The van der Waals surface area contributed by atoms with Gasteiger partial charge in [0.05, 0.1) is 11.1 Å². The highest BCUT2D eigenvalue weighted by molar-refractivity contribution is 6.32. The van der Waals surface area contributed by atoms with Crippen LogP contribution in [0.1, 0.15) is 21.5 Å². The van der Waals surface area contributed by atoms with Crippen molar-refractivity contribution in [3.05, 3.63) is 105 Å². The van der Waals surface area contributed by atoms with Crippen LogP contribution in [0.3, 0.4) is 0 Å². The molecular weight excluding hydrogens is 394 g/mol. The standard InChI is InChI=1S/C21H16ClN3O4/c22-19-11-8-17(12-20(19)25(27)28)21(26)24-23-13-15-6-9-18(10-7-15)29-14-16-4-2-1-3-5-16/h1-13H,14H2,(H,24,26). The number of halogens is 1. The lowest BCUT2D eigenvalue weighted by Gasteiger charge is -2.06. The third-order valence-corrected chi connectivity index (χ3v) is 4.23. The maximum Gasteiger partial charge on any atom is 0.288 e. The minimum Gasteiger partial charge on any atom is -0.489 e. The van der Waals surface area contributed by atoms with Crippen molar-refractivity contribution in [3.8, 4) is 5.75 Å². The molecule has 0 bridgehead atoms. The zero-order valence-electron chi connectivity index (χ0n) is 15.1. The van der Waals surface area contributed by atoms with E-state index < -0.39 is 10.8 Å². The van der Waals surface area contributed by atoms with Gasteiger partial charge in [0.2, 0.25) is 0 Å². The van der Waals surface area contributed by atoms with Crippen LogP contribution in [0.15, 0.2) is 77.9 Å². The number of amides is 1. The summed E-state index contributed by atoms with van der Waals surface area (Å²) >= 11 is 5.74. The van der Waals surface area contributed by atoms with Gasteiger partial charge in [-0.25, -0.2) is 5.43 Å². The van der Waals surface area contributed by atoms with Gasteiger partial charge in [-0.1, -0.05) is 41.9 Å². The molecule has 7 nitrogen and oxygen atoms in total. The van der Waals surface area contributed by atoms with Crippen molar-refractivity contribution in [2.45, 2.75) is 6.61 Å². The SMILES string of the molecule is O=C(NN=Cc1ccc(OCc2ccccc2)cc1)c1ccc(Cl)c([N+](=O)[O-])c1. The van der Waals surface area contributed by atoms with Gasteiger partial charge in [-0.15, -0.1) is 0 Å². The number of rotatable bonds is 7. The zero-order chi connectivity index (χ0) is 20.6. The summed E-state index contributed by atoms with van der Waals surface area (Å²) in [6, 6.07) is 20.8. The topological polar surface area (TPSA) is 93.8 Å². The van der Waals surface area contributed by atoms with Crippen LogP contribution in [0.2, 0.25) is 5.02 Å². The molecule has 29 heavy (non-hydrogen) atoms. The molecule has 0 fully saturated rings. The molecule has 0 saturated carbocycles. The number of nitro benzene ring substituents is 1. The summed E-state index contributed by atoms with van der Waals surface area (Å²) < 4.78 is 5.71. The molecule has 146 valence electrons. The van der Waals surface area contributed by atoms with E-state index in [1.165, 1.54) is 18.3 Å². The highest BCUT2D eigenvalue weighted by atomic mass is 35.5. The Kier molecular flexibility index (Phi) is 6.55. The molecule has 3 aromatic carbocycles. The van der Waals surface area contributed by atoms with Crippen LogP contribution < -0.4 is 10.2 Å².